The maximum atomic E-state index is 11.7. The summed E-state index contributed by atoms with van der Waals surface area (Å²) in [5.74, 6) is -0.0746. The summed E-state index contributed by atoms with van der Waals surface area (Å²) in [7, 11) is 0. The van der Waals surface area contributed by atoms with Gasteiger partial charge in [-0.1, -0.05) is 0 Å². The fourth-order valence-electron chi connectivity index (χ4n) is 3.74. The number of nitrogens with two attached hydrogens (primary N) is 2. The summed E-state index contributed by atoms with van der Waals surface area (Å²) in [6.07, 6.45) is 6.24. The smallest absolute Gasteiger partial charge is 0.260 e. The van der Waals surface area contributed by atoms with Crippen molar-refractivity contribution in [2.75, 3.05) is 36.9 Å². The molecular formula is C18H24N8O2S. The number of hydrogen-bond acceptors (Lipinski definition) is 9. The number of primary amides is 1. The van der Waals surface area contributed by atoms with E-state index < -0.39 is 5.91 Å². The standard InChI is InChI=1S/C18H24N8O2S/c19-15-14-13(4-5-21-18(14)29-16(15)17(20)27)25-6-1-3-12(9-25)10-28-8-2-7-26-23-11-22-24-26/h4-5,11-12H,1-3,6-10,19H2,(H2,20,27)/t12-/m0/s1. The maximum Gasteiger partial charge on any atom is 0.260 e. The molecule has 0 bridgehead atoms. The topological polar surface area (TPSA) is 138 Å². The van der Waals surface area contributed by atoms with Crippen molar-refractivity contribution < 1.29 is 9.53 Å². The van der Waals surface area contributed by atoms with Crippen molar-refractivity contribution in [1.82, 2.24) is 25.2 Å². The Morgan fingerprint density at radius 2 is 2.31 bits per heavy atom. The number of ether oxygens (including phenoxy) is 1. The number of carbonyl (C=O) groups is 1. The Labute approximate surface area is 171 Å². The van der Waals surface area contributed by atoms with Crippen LogP contribution in [0.1, 0.15) is 28.9 Å². The third-order valence-corrected chi connectivity index (χ3v) is 6.21. The molecular weight excluding hydrogens is 392 g/mol. The Morgan fingerprint density at radius 3 is 3.10 bits per heavy atom. The lowest BCUT2D eigenvalue weighted by Gasteiger charge is -2.34. The minimum Gasteiger partial charge on any atom is -0.397 e. The van der Waals surface area contributed by atoms with Gasteiger partial charge in [0.1, 0.15) is 9.71 Å². The van der Waals surface area contributed by atoms with Crippen molar-refractivity contribution in [2.24, 2.45) is 11.7 Å². The van der Waals surface area contributed by atoms with E-state index in [1.54, 1.807) is 11.0 Å². The fraction of sp³-hybridized carbons (Fsp3) is 0.500. The molecule has 0 unspecified atom stereocenters. The number of thiophene rings is 1. The summed E-state index contributed by atoms with van der Waals surface area (Å²) in [5, 5.41) is 12.3. The SMILES string of the molecule is NC(=O)c1sc2nccc(N3CCC[C@H](COCCCn4ncnn4)C3)c2c1N. The molecule has 1 amide bonds. The zero-order valence-corrected chi connectivity index (χ0v) is 16.8. The van der Waals surface area contributed by atoms with Crippen molar-refractivity contribution >= 4 is 38.8 Å². The number of fused-ring (bicyclic) bond motifs is 1. The number of anilines is 2. The van der Waals surface area contributed by atoms with Gasteiger partial charge in [-0.05, 0) is 36.5 Å². The van der Waals surface area contributed by atoms with Crippen LogP contribution in [-0.2, 0) is 11.3 Å². The van der Waals surface area contributed by atoms with Gasteiger partial charge in [0.05, 0.1) is 29.9 Å². The Kier molecular flexibility index (Phi) is 5.86. The van der Waals surface area contributed by atoms with Crippen LogP contribution < -0.4 is 16.4 Å². The summed E-state index contributed by atoms with van der Waals surface area (Å²) in [6.45, 7) is 3.89. The van der Waals surface area contributed by atoms with Crippen LogP contribution in [0.5, 0.6) is 0 Å². The molecule has 0 aromatic carbocycles. The predicted octanol–water partition coefficient (Wildman–Crippen LogP) is 1.29. The van der Waals surface area contributed by atoms with Gasteiger partial charge < -0.3 is 21.1 Å². The lowest BCUT2D eigenvalue weighted by Crippen LogP contribution is -2.37. The second kappa shape index (κ2) is 8.70. The molecule has 10 nitrogen and oxygen atoms in total. The molecule has 1 saturated heterocycles. The quantitative estimate of drug-likeness (QED) is 0.524. The highest BCUT2D eigenvalue weighted by atomic mass is 32.1. The van der Waals surface area contributed by atoms with E-state index in [9.17, 15) is 4.79 Å². The van der Waals surface area contributed by atoms with E-state index in [1.165, 1.54) is 17.7 Å². The highest BCUT2D eigenvalue weighted by molar-refractivity contribution is 7.21. The minimum atomic E-state index is -0.512. The van der Waals surface area contributed by atoms with Gasteiger partial charge in [0.2, 0.25) is 0 Å². The molecule has 0 aliphatic carbocycles. The van der Waals surface area contributed by atoms with Gasteiger partial charge in [-0.3, -0.25) is 4.79 Å². The third kappa shape index (κ3) is 4.30. The number of piperidine rings is 1. The van der Waals surface area contributed by atoms with Crippen molar-refractivity contribution in [3.63, 3.8) is 0 Å². The van der Waals surface area contributed by atoms with Crippen molar-refractivity contribution in [1.29, 1.82) is 0 Å². The molecule has 4 N–H and O–H groups in total. The molecule has 4 heterocycles. The Hall–Kier alpha value is -2.79. The summed E-state index contributed by atoms with van der Waals surface area (Å²) < 4.78 is 5.89. The van der Waals surface area contributed by atoms with Gasteiger partial charge in [-0.25, -0.2) is 4.98 Å². The lowest BCUT2D eigenvalue weighted by atomic mass is 9.98. The predicted molar refractivity (Wildman–Crippen MR) is 111 cm³/mol. The molecule has 1 aliphatic heterocycles. The first-order chi connectivity index (χ1) is 14.1. The molecule has 11 heteroatoms. The minimum absolute atomic E-state index is 0.374. The highest BCUT2D eigenvalue weighted by Gasteiger charge is 2.25. The van der Waals surface area contributed by atoms with Crippen LogP contribution >= 0.6 is 11.3 Å². The first kappa shape index (κ1) is 19.5. The van der Waals surface area contributed by atoms with Crippen LogP contribution in [0.25, 0.3) is 10.2 Å². The van der Waals surface area contributed by atoms with Gasteiger partial charge in [-0.2, -0.15) is 4.80 Å². The monoisotopic (exact) mass is 416 g/mol. The van der Waals surface area contributed by atoms with Crippen LogP contribution in [0.2, 0.25) is 0 Å². The van der Waals surface area contributed by atoms with E-state index in [1.807, 2.05) is 6.07 Å². The van der Waals surface area contributed by atoms with E-state index in [2.05, 4.69) is 25.3 Å². The summed E-state index contributed by atoms with van der Waals surface area (Å²) in [6, 6.07) is 1.96. The highest BCUT2D eigenvalue weighted by Crippen LogP contribution is 2.39. The maximum absolute atomic E-state index is 11.7. The summed E-state index contributed by atoms with van der Waals surface area (Å²) in [4.78, 5) is 21.0. The first-order valence-corrected chi connectivity index (χ1v) is 10.5. The fourth-order valence-corrected chi connectivity index (χ4v) is 4.68. The summed E-state index contributed by atoms with van der Waals surface area (Å²) in [5.41, 5.74) is 13.1. The number of hydrogen-bond donors (Lipinski definition) is 2. The van der Waals surface area contributed by atoms with Crippen LogP contribution in [-0.4, -0.2) is 57.4 Å². The normalized spacial score (nSPS) is 17.1. The number of tetrazole rings is 1. The molecule has 1 fully saturated rings. The number of nitrogen functional groups attached to an aromatic ring is 1. The lowest BCUT2D eigenvalue weighted by molar-refractivity contribution is 0.0884. The Bertz CT molecular complexity index is 974. The zero-order valence-electron chi connectivity index (χ0n) is 16.0. The molecule has 4 rings (SSSR count). The second-order valence-electron chi connectivity index (χ2n) is 7.13. The Morgan fingerprint density at radius 1 is 1.41 bits per heavy atom. The molecule has 1 atom stereocenters. The largest absolute Gasteiger partial charge is 0.397 e. The van der Waals surface area contributed by atoms with Gasteiger partial charge in [-0.15, -0.1) is 21.5 Å². The Balaban J connectivity index is 1.37. The van der Waals surface area contributed by atoms with E-state index in [-0.39, 0.29) is 0 Å². The molecule has 0 radical (unpaired) electrons. The number of nitrogens with zero attached hydrogens (tertiary/aromatic N) is 6. The number of pyridine rings is 1. The van der Waals surface area contributed by atoms with Crippen LogP contribution in [0.3, 0.4) is 0 Å². The first-order valence-electron chi connectivity index (χ1n) is 9.63. The van der Waals surface area contributed by atoms with Crippen LogP contribution in [0.4, 0.5) is 11.4 Å². The molecule has 0 saturated carbocycles. The van der Waals surface area contributed by atoms with Crippen LogP contribution in [0.15, 0.2) is 18.6 Å². The van der Waals surface area contributed by atoms with Gasteiger partial charge in [0.25, 0.3) is 5.91 Å². The zero-order chi connectivity index (χ0) is 20.2. The molecule has 0 spiro atoms. The average molecular weight is 417 g/mol. The third-order valence-electron chi connectivity index (χ3n) is 5.08. The van der Waals surface area contributed by atoms with E-state index in [0.717, 1.165) is 48.3 Å². The number of aryl methyl sites for hydroxylation is 1. The molecule has 29 heavy (non-hydrogen) atoms. The average Bonchev–Trinajstić information content (AvgIpc) is 3.36. The number of carbonyl (C=O) groups excluding carboxylic acids is 1. The van der Waals surface area contributed by atoms with Crippen molar-refractivity contribution in [3.8, 4) is 0 Å². The molecule has 1 aliphatic rings. The number of amides is 1. The van der Waals surface area contributed by atoms with Gasteiger partial charge >= 0.3 is 0 Å². The van der Waals surface area contributed by atoms with E-state index in [0.29, 0.717) is 36.2 Å². The molecule has 154 valence electrons. The number of aromatic nitrogens is 5. The molecule has 3 aromatic rings. The van der Waals surface area contributed by atoms with E-state index in [4.69, 9.17) is 16.2 Å². The number of rotatable bonds is 8. The van der Waals surface area contributed by atoms with Gasteiger partial charge in [0, 0.05) is 25.9 Å². The van der Waals surface area contributed by atoms with Crippen molar-refractivity contribution in [2.45, 2.75) is 25.8 Å². The second-order valence-corrected chi connectivity index (χ2v) is 8.13. The van der Waals surface area contributed by atoms with Gasteiger partial charge in [0.15, 0.2) is 6.33 Å². The van der Waals surface area contributed by atoms with Crippen LogP contribution in [0, 0.1) is 5.92 Å². The van der Waals surface area contributed by atoms with E-state index >= 15 is 0 Å². The molecule has 3 aromatic heterocycles. The summed E-state index contributed by atoms with van der Waals surface area (Å²) >= 11 is 1.25. The van der Waals surface area contributed by atoms with Crippen molar-refractivity contribution in [3.05, 3.63) is 23.5 Å².